The number of nitrogens with one attached hydrogen (secondary N) is 1. The van der Waals surface area contributed by atoms with Gasteiger partial charge < -0.3 is 15.3 Å². The number of hydrogen-bond acceptors (Lipinski definition) is 5. The Kier molecular flexibility index (Phi) is 5.78. The van der Waals surface area contributed by atoms with Crippen molar-refractivity contribution in [3.63, 3.8) is 0 Å². The lowest BCUT2D eigenvalue weighted by atomic mass is 9.94. The zero-order valence-electron chi connectivity index (χ0n) is 14.4. The molecule has 1 aromatic heterocycles. The van der Waals surface area contributed by atoms with Crippen molar-refractivity contribution in [2.45, 2.75) is 25.3 Å². The molecule has 1 saturated heterocycles. The Morgan fingerprint density at radius 3 is 2.54 bits per heavy atom. The van der Waals surface area contributed by atoms with Crippen LogP contribution in [0.1, 0.15) is 30.9 Å². The van der Waals surface area contributed by atoms with Gasteiger partial charge in [-0.15, -0.1) is 0 Å². The van der Waals surface area contributed by atoms with Crippen molar-refractivity contribution in [3.05, 3.63) is 54.5 Å². The summed E-state index contributed by atoms with van der Waals surface area (Å²) in [4.78, 5) is 34.3. The third-order valence-corrected chi connectivity index (χ3v) is 4.64. The molecule has 1 aliphatic rings. The van der Waals surface area contributed by atoms with Crippen LogP contribution in [-0.2, 0) is 9.59 Å². The normalized spacial score (nSPS) is 16.1. The molecule has 7 nitrogen and oxygen atoms in total. The van der Waals surface area contributed by atoms with E-state index in [0.29, 0.717) is 12.8 Å². The molecule has 2 aromatic rings. The molecule has 0 aliphatic carbocycles. The quantitative estimate of drug-likeness (QED) is 0.824. The molecule has 1 aromatic carbocycles. The number of rotatable bonds is 6. The standard InChI is InChI=1S/C19H22N4O3/c24-18(25)12-16(14-4-2-1-3-5-14)22-19(26)15-6-10-23(11-7-15)17-13-20-8-9-21-17/h1-5,8-9,13,15-16H,6-7,10-12H2,(H,22,26)(H,24,25). The molecule has 0 radical (unpaired) electrons. The molecule has 1 atom stereocenters. The summed E-state index contributed by atoms with van der Waals surface area (Å²) in [5.41, 5.74) is 0.806. The van der Waals surface area contributed by atoms with E-state index in [1.807, 2.05) is 30.3 Å². The van der Waals surface area contributed by atoms with E-state index in [-0.39, 0.29) is 18.2 Å². The van der Waals surface area contributed by atoms with E-state index in [1.165, 1.54) is 0 Å². The largest absolute Gasteiger partial charge is 0.481 e. The van der Waals surface area contributed by atoms with Crippen LogP contribution >= 0.6 is 0 Å². The fourth-order valence-electron chi connectivity index (χ4n) is 3.23. The van der Waals surface area contributed by atoms with Crippen LogP contribution in [0.5, 0.6) is 0 Å². The number of aromatic nitrogens is 2. The Morgan fingerprint density at radius 1 is 1.19 bits per heavy atom. The number of anilines is 1. The van der Waals surface area contributed by atoms with Gasteiger partial charge in [-0.3, -0.25) is 14.6 Å². The second-order valence-electron chi connectivity index (χ2n) is 6.39. The Morgan fingerprint density at radius 2 is 1.92 bits per heavy atom. The summed E-state index contributed by atoms with van der Waals surface area (Å²) in [5.74, 6) is -0.321. The number of benzene rings is 1. The predicted octanol–water partition coefficient (Wildman–Crippen LogP) is 2.03. The summed E-state index contributed by atoms with van der Waals surface area (Å²) in [6.07, 6.45) is 6.29. The number of carbonyl (C=O) groups excluding carboxylic acids is 1. The van der Waals surface area contributed by atoms with Gasteiger partial charge in [-0.25, -0.2) is 4.98 Å². The Balaban J connectivity index is 1.59. The first kappa shape index (κ1) is 17.8. The van der Waals surface area contributed by atoms with Crippen molar-refractivity contribution < 1.29 is 14.7 Å². The van der Waals surface area contributed by atoms with Crippen LogP contribution in [0.4, 0.5) is 5.82 Å². The number of carboxylic acids is 1. The molecule has 3 rings (SSSR count). The zero-order chi connectivity index (χ0) is 18.4. The van der Waals surface area contributed by atoms with Gasteiger partial charge in [0.2, 0.25) is 5.91 Å². The van der Waals surface area contributed by atoms with E-state index in [9.17, 15) is 9.59 Å². The molecule has 0 saturated carbocycles. The minimum Gasteiger partial charge on any atom is -0.481 e. The predicted molar refractivity (Wildman–Crippen MR) is 96.5 cm³/mol. The number of piperidine rings is 1. The van der Waals surface area contributed by atoms with Gasteiger partial charge in [0.05, 0.1) is 18.7 Å². The number of carboxylic acid groups (broad SMARTS) is 1. The van der Waals surface area contributed by atoms with Gasteiger partial charge in [0.1, 0.15) is 5.82 Å². The monoisotopic (exact) mass is 354 g/mol. The maximum atomic E-state index is 12.7. The highest BCUT2D eigenvalue weighted by molar-refractivity contribution is 5.80. The number of carbonyl (C=O) groups is 2. The summed E-state index contributed by atoms with van der Waals surface area (Å²) in [7, 11) is 0. The molecule has 2 heterocycles. The molecule has 2 N–H and O–H groups in total. The van der Waals surface area contributed by atoms with Crippen molar-refractivity contribution in [1.29, 1.82) is 0 Å². The van der Waals surface area contributed by atoms with E-state index in [4.69, 9.17) is 5.11 Å². The van der Waals surface area contributed by atoms with Crippen LogP contribution in [0, 0.1) is 5.92 Å². The van der Waals surface area contributed by atoms with Crippen LogP contribution in [0.25, 0.3) is 0 Å². The fraction of sp³-hybridized carbons (Fsp3) is 0.368. The van der Waals surface area contributed by atoms with Crippen molar-refractivity contribution in [1.82, 2.24) is 15.3 Å². The van der Waals surface area contributed by atoms with Crippen LogP contribution in [0.15, 0.2) is 48.9 Å². The van der Waals surface area contributed by atoms with Crippen LogP contribution in [0.3, 0.4) is 0 Å². The lowest BCUT2D eigenvalue weighted by Gasteiger charge is -2.32. The summed E-state index contributed by atoms with van der Waals surface area (Å²) in [6, 6.07) is 8.71. The van der Waals surface area contributed by atoms with Crippen molar-refractivity contribution in [3.8, 4) is 0 Å². The zero-order valence-corrected chi connectivity index (χ0v) is 14.4. The van der Waals surface area contributed by atoms with E-state index in [1.54, 1.807) is 18.6 Å². The number of hydrogen-bond donors (Lipinski definition) is 2. The topological polar surface area (TPSA) is 95.4 Å². The third kappa shape index (κ3) is 4.56. The van der Waals surface area contributed by atoms with Gasteiger partial charge in [-0.1, -0.05) is 30.3 Å². The minimum absolute atomic E-state index is 0.0844. The maximum Gasteiger partial charge on any atom is 0.305 e. The second kappa shape index (κ2) is 8.42. The average molecular weight is 354 g/mol. The highest BCUT2D eigenvalue weighted by Crippen LogP contribution is 2.23. The molecule has 0 bridgehead atoms. The SMILES string of the molecule is O=C(O)CC(NC(=O)C1CCN(c2cnccn2)CC1)c1ccccc1. The van der Waals surface area contributed by atoms with Gasteiger partial charge >= 0.3 is 5.97 Å². The molecule has 1 amide bonds. The molecule has 0 spiro atoms. The van der Waals surface area contributed by atoms with Crippen molar-refractivity contribution in [2.75, 3.05) is 18.0 Å². The number of amides is 1. The van der Waals surface area contributed by atoms with Gasteiger partial charge in [0.15, 0.2) is 0 Å². The Bertz CT molecular complexity index is 731. The number of nitrogens with zero attached hydrogens (tertiary/aromatic N) is 3. The lowest BCUT2D eigenvalue weighted by Crippen LogP contribution is -2.42. The van der Waals surface area contributed by atoms with Gasteiger partial charge in [-0.2, -0.15) is 0 Å². The molecular formula is C19H22N4O3. The maximum absolute atomic E-state index is 12.7. The molecule has 136 valence electrons. The lowest BCUT2D eigenvalue weighted by molar-refractivity contribution is -0.138. The molecule has 1 unspecified atom stereocenters. The summed E-state index contributed by atoms with van der Waals surface area (Å²) in [6.45, 7) is 1.46. The Labute approximate surface area is 152 Å². The van der Waals surface area contributed by atoms with Gasteiger partial charge in [0, 0.05) is 31.4 Å². The van der Waals surface area contributed by atoms with E-state index in [2.05, 4.69) is 20.2 Å². The Hall–Kier alpha value is -2.96. The third-order valence-electron chi connectivity index (χ3n) is 4.64. The van der Waals surface area contributed by atoms with Gasteiger partial charge in [-0.05, 0) is 18.4 Å². The number of aliphatic carboxylic acids is 1. The average Bonchev–Trinajstić information content (AvgIpc) is 2.68. The first-order chi connectivity index (χ1) is 12.6. The molecule has 7 heteroatoms. The van der Waals surface area contributed by atoms with E-state index >= 15 is 0 Å². The van der Waals surface area contributed by atoms with Gasteiger partial charge in [0.25, 0.3) is 0 Å². The molecule has 1 aliphatic heterocycles. The van der Waals surface area contributed by atoms with E-state index in [0.717, 1.165) is 24.5 Å². The fourth-order valence-corrected chi connectivity index (χ4v) is 3.23. The first-order valence-electron chi connectivity index (χ1n) is 8.71. The van der Waals surface area contributed by atoms with Crippen LogP contribution in [0.2, 0.25) is 0 Å². The van der Waals surface area contributed by atoms with Crippen molar-refractivity contribution in [2.24, 2.45) is 5.92 Å². The van der Waals surface area contributed by atoms with E-state index < -0.39 is 12.0 Å². The second-order valence-corrected chi connectivity index (χ2v) is 6.39. The molecular weight excluding hydrogens is 332 g/mol. The summed E-state index contributed by atoms with van der Waals surface area (Å²) in [5, 5.41) is 12.1. The van der Waals surface area contributed by atoms with Crippen LogP contribution in [-0.4, -0.2) is 40.0 Å². The minimum atomic E-state index is -0.934. The summed E-state index contributed by atoms with van der Waals surface area (Å²) >= 11 is 0. The molecule has 26 heavy (non-hydrogen) atoms. The summed E-state index contributed by atoms with van der Waals surface area (Å²) < 4.78 is 0. The smallest absolute Gasteiger partial charge is 0.305 e. The van der Waals surface area contributed by atoms with Crippen LogP contribution < -0.4 is 10.2 Å². The highest BCUT2D eigenvalue weighted by atomic mass is 16.4. The highest BCUT2D eigenvalue weighted by Gasteiger charge is 2.28. The molecule has 1 fully saturated rings. The van der Waals surface area contributed by atoms with Crippen molar-refractivity contribution >= 4 is 17.7 Å². The first-order valence-corrected chi connectivity index (χ1v) is 8.71.